The number of hydrogen-bond acceptors (Lipinski definition) is 2. The lowest BCUT2D eigenvalue weighted by atomic mass is 10.5. The Morgan fingerprint density at radius 3 is 2.86 bits per heavy atom. The molecule has 0 amide bonds. The zero-order valence-electron chi connectivity index (χ0n) is 3.79. The molecule has 1 nitrogen and oxygen atoms in total. The highest BCUT2D eigenvalue weighted by Crippen LogP contribution is 2.06. The molecule has 0 atom stereocenters. The normalized spacial score (nSPS) is 9.29. The van der Waals surface area contributed by atoms with E-state index in [0.717, 1.165) is 4.88 Å². The monoisotopic (exact) mass is 112 g/mol. The molecule has 0 spiro atoms. The molecule has 1 rings (SSSR count). The fraction of sp³-hybridized carbons (Fsp3) is 0. The lowest BCUT2D eigenvalue weighted by molar-refractivity contribution is 1.42. The molecule has 1 aromatic rings. The highest BCUT2D eigenvalue weighted by molar-refractivity contribution is 7.10. The van der Waals surface area contributed by atoms with E-state index in [2.05, 4.69) is 0 Å². The SMILES string of the molecule is N[CH]c1cccs1. The van der Waals surface area contributed by atoms with Gasteiger partial charge in [0.15, 0.2) is 0 Å². The van der Waals surface area contributed by atoms with Crippen LogP contribution in [0, 0.1) is 6.54 Å². The lowest BCUT2D eigenvalue weighted by Crippen LogP contribution is -1.86. The molecular weight excluding hydrogens is 106 g/mol. The van der Waals surface area contributed by atoms with E-state index in [1.165, 1.54) is 0 Å². The topological polar surface area (TPSA) is 26.0 Å². The predicted octanol–water partition coefficient (Wildman–Crippen LogP) is 1.22. The van der Waals surface area contributed by atoms with E-state index in [-0.39, 0.29) is 0 Å². The molecule has 0 saturated heterocycles. The maximum Gasteiger partial charge on any atom is 0.0593 e. The summed E-state index contributed by atoms with van der Waals surface area (Å²) in [5, 5.41) is 2.00. The van der Waals surface area contributed by atoms with Crippen LogP contribution in [0.25, 0.3) is 0 Å². The highest BCUT2D eigenvalue weighted by Gasteiger charge is 1.83. The summed E-state index contributed by atoms with van der Waals surface area (Å²) in [4.78, 5) is 1.13. The van der Waals surface area contributed by atoms with Gasteiger partial charge < -0.3 is 5.73 Å². The second kappa shape index (κ2) is 2.09. The van der Waals surface area contributed by atoms with E-state index in [4.69, 9.17) is 5.73 Å². The summed E-state index contributed by atoms with van der Waals surface area (Å²) in [5.41, 5.74) is 5.18. The molecule has 1 heterocycles. The van der Waals surface area contributed by atoms with Crippen LogP contribution in [-0.4, -0.2) is 0 Å². The zero-order chi connectivity index (χ0) is 5.11. The van der Waals surface area contributed by atoms with Crippen LogP contribution in [-0.2, 0) is 0 Å². The van der Waals surface area contributed by atoms with Crippen LogP contribution in [0.5, 0.6) is 0 Å². The van der Waals surface area contributed by atoms with Gasteiger partial charge in [0.1, 0.15) is 0 Å². The standard InChI is InChI=1S/C5H6NS/c6-4-5-2-1-3-7-5/h1-4H,6H2. The average molecular weight is 112 g/mol. The van der Waals surface area contributed by atoms with Crippen molar-refractivity contribution in [3.8, 4) is 0 Å². The summed E-state index contributed by atoms with van der Waals surface area (Å²) in [6.07, 6.45) is 0. The van der Waals surface area contributed by atoms with Crippen molar-refractivity contribution in [3.63, 3.8) is 0 Å². The second-order valence-electron chi connectivity index (χ2n) is 1.18. The highest BCUT2D eigenvalue weighted by atomic mass is 32.1. The van der Waals surface area contributed by atoms with Gasteiger partial charge in [-0.05, 0) is 11.4 Å². The Morgan fingerprint density at radius 2 is 2.57 bits per heavy atom. The molecule has 0 unspecified atom stereocenters. The van der Waals surface area contributed by atoms with Crippen LogP contribution in [0.4, 0.5) is 0 Å². The summed E-state index contributed by atoms with van der Waals surface area (Å²) in [7, 11) is 0. The second-order valence-corrected chi connectivity index (χ2v) is 2.16. The maximum atomic E-state index is 5.18. The Morgan fingerprint density at radius 1 is 1.71 bits per heavy atom. The van der Waals surface area contributed by atoms with Gasteiger partial charge in [0.05, 0.1) is 6.54 Å². The van der Waals surface area contributed by atoms with Gasteiger partial charge in [0, 0.05) is 4.88 Å². The van der Waals surface area contributed by atoms with E-state index in [1.54, 1.807) is 17.9 Å². The first-order valence-electron chi connectivity index (χ1n) is 2.02. The predicted molar refractivity (Wildman–Crippen MR) is 31.9 cm³/mol. The number of rotatable bonds is 1. The molecule has 0 fully saturated rings. The first-order valence-corrected chi connectivity index (χ1v) is 2.90. The van der Waals surface area contributed by atoms with Gasteiger partial charge in [-0.1, -0.05) is 6.07 Å². The molecule has 37 valence electrons. The molecule has 0 aliphatic rings. The molecule has 0 bridgehead atoms. The average Bonchev–Trinajstić information content (AvgIpc) is 2.14. The summed E-state index contributed by atoms with van der Waals surface area (Å²) < 4.78 is 0. The molecule has 2 heteroatoms. The minimum atomic E-state index is 1.13. The molecule has 7 heavy (non-hydrogen) atoms. The molecule has 2 N–H and O–H groups in total. The molecule has 1 aromatic heterocycles. The van der Waals surface area contributed by atoms with Gasteiger partial charge in [-0.25, -0.2) is 0 Å². The third-order valence-electron chi connectivity index (χ3n) is 0.707. The van der Waals surface area contributed by atoms with Crippen molar-refractivity contribution < 1.29 is 0 Å². The van der Waals surface area contributed by atoms with Crippen molar-refractivity contribution in [1.82, 2.24) is 0 Å². The molecule has 0 saturated carbocycles. The number of thiophene rings is 1. The van der Waals surface area contributed by atoms with Gasteiger partial charge in [-0.3, -0.25) is 0 Å². The maximum absolute atomic E-state index is 5.18. The third kappa shape index (κ3) is 1.01. The summed E-state index contributed by atoms with van der Waals surface area (Å²) >= 11 is 1.64. The van der Waals surface area contributed by atoms with Gasteiger partial charge in [-0.15, -0.1) is 11.3 Å². The van der Waals surface area contributed by atoms with Gasteiger partial charge in [0.2, 0.25) is 0 Å². The lowest BCUT2D eigenvalue weighted by Gasteiger charge is -1.78. The first kappa shape index (κ1) is 4.81. The van der Waals surface area contributed by atoms with Crippen molar-refractivity contribution in [2.45, 2.75) is 0 Å². The van der Waals surface area contributed by atoms with E-state index in [1.807, 2.05) is 17.5 Å². The fourth-order valence-electron chi connectivity index (χ4n) is 0.386. The fourth-order valence-corrected chi connectivity index (χ4v) is 0.936. The number of nitrogens with two attached hydrogens (primary N) is 1. The first-order chi connectivity index (χ1) is 3.43. The smallest absolute Gasteiger partial charge is 0.0593 e. The van der Waals surface area contributed by atoms with Gasteiger partial charge in [0.25, 0.3) is 0 Å². The van der Waals surface area contributed by atoms with Crippen molar-refractivity contribution in [3.05, 3.63) is 28.9 Å². The van der Waals surface area contributed by atoms with Crippen molar-refractivity contribution in [2.24, 2.45) is 5.73 Å². The van der Waals surface area contributed by atoms with E-state index in [9.17, 15) is 0 Å². The summed E-state index contributed by atoms with van der Waals surface area (Å²) in [6, 6.07) is 3.95. The number of hydrogen-bond donors (Lipinski definition) is 1. The molecular formula is C5H6NS. The molecule has 0 aliphatic heterocycles. The van der Waals surface area contributed by atoms with Crippen LogP contribution in [0.15, 0.2) is 17.5 Å². The minimum Gasteiger partial charge on any atom is -0.322 e. The Kier molecular flexibility index (Phi) is 1.44. The minimum absolute atomic E-state index is 1.13. The van der Waals surface area contributed by atoms with Crippen LogP contribution >= 0.6 is 11.3 Å². The quantitative estimate of drug-likeness (QED) is 0.580. The summed E-state index contributed by atoms with van der Waals surface area (Å²) in [5.74, 6) is 0. The molecule has 0 aliphatic carbocycles. The van der Waals surface area contributed by atoms with Crippen LogP contribution in [0.1, 0.15) is 4.88 Å². The Balaban J connectivity index is 2.76. The van der Waals surface area contributed by atoms with Gasteiger partial charge >= 0.3 is 0 Å². The van der Waals surface area contributed by atoms with E-state index in [0.29, 0.717) is 0 Å². The van der Waals surface area contributed by atoms with Crippen molar-refractivity contribution in [2.75, 3.05) is 0 Å². The largest absolute Gasteiger partial charge is 0.322 e. The molecule has 1 radical (unpaired) electrons. The Labute approximate surface area is 46.8 Å². The van der Waals surface area contributed by atoms with E-state index < -0.39 is 0 Å². The van der Waals surface area contributed by atoms with Crippen LogP contribution in [0.3, 0.4) is 0 Å². The van der Waals surface area contributed by atoms with Crippen LogP contribution < -0.4 is 5.73 Å². The van der Waals surface area contributed by atoms with Gasteiger partial charge in [-0.2, -0.15) is 0 Å². The molecule has 0 aromatic carbocycles. The summed E-state index contributed by atoms with van der Waals surface area (Å²) in [6.45, 7) is 1.60. The Hall–Kier alpha value is -0.340. The van der Waals surface area contributed by atoms with Crippen molar-refractivity contribution >= 4 is 11.3 Å². The third-order valence-corrected chi connectivity index (χ3v) is 1.54. The zero-order valence-corrected chi connectivity index (χ0v) is 4.61. The van der Waals surface area contributed by atoms with E-state index >= 15 is 0 Å². The van der Waals surface area contributed by atoms with Crippen LogP contribution in [0.2, 0.25) is 0 Å². The Bertz CT molecular complexity index is 123. The van der Waals surface area contributed by atoms with Crippen molar-refractivity contribution in [1.29, 1.82) is 0 Å².